The van der Waals surface area contributed by atoms with E-state index in [4.69, 9.17) is 9.84 Å². The van der Waals surface area contributed by atoms with Crippen LogP contribution in [0.1, 0.15) is 34.1 Å². The first-order valence-corrected chi connectivity index (χ1v) is 12.7. The molecule has 0 unspecified atom stereocenters. The average Bonchev–Trinajstić information content (AvgIpc) is 3.53. The van der Waals surface area contributed by atoms with Crippen LogP contribution < -0.4 is 10.1 Å². The van der Waals surface area contributed by atoms with Crippen LogP contribution in [-0.4, -0.2) is 32.4 Å². The molecule has 1 N–H and O–H groups in total. The van der Waals surface area contributed by atoms with E-state index in [1.54, 1.807) is 7.11 Å². The second-order valence-electron chi connectivity index (χ2n) is 9.39. The number of methoxy groups -OCH3 is 1. The summed E-state index contributed by atoms with van der Waals surface area (Å²) in [6.07, 6.45) is 2.06. The summed E-state index contributed by atoms with van der Waals surface area (Å²) in [4.78, 5) is 15.9. The predicted molar refractivity (Wildman–Crippen MR) is 147 cm³/mol. The molecule has 2 amide bonds. The molecule has 3 aromatic carbocycles. The van der Waals surface area contributed by atoms with Crippen LogP contribution in [0.4, 0.5) is 4.79 Å². The van der Waals surface area contributed by atoms with Crippen molar-refractivity contribution in [1.29, 1.82) is 0 Å². The zero-order valence-electron chi connectivity index (χ0n) is 21.4. The Hall–Kier alpha value is -4.78. The van der Waals surface area contributed by atoms with Crippen LogP contribution in [0.3, 0.4) is 0 Å². The van der Waals surface area contributed by atoms with Crippen molar-refractivity contribution in [3.63, 3.8) is 0 Å². The van der Waals surface area contributed by atoms with Gasteiger partial charge < -0.3 is 19.5 Å². The highest BCUT2D eigenvalue weighted by atomic mass is 16.5. The highest BCUT2D eigenvalue weighted by Gasteiger charge is 2.35. The number of nitrogens with one attached hydrogen (secondary N) is 1. The van der Waals surface area contributed by atoms with E-state index in [1.807, 2.05) is 95.4 Å². The third-order valence-corrected chi connectivity index (χ3v) is 7.04. The van der Waals surface area contributed by atoms with Crippen LogP contribution in [0.2, 0.25) is 0 Å². The molecule has 38 heavy (non-hydrogen) atoms. The Balaban J connectivity index is 1.45. The van der Waals surface area contributed by atoms with Gasteiger partial charge in [0.05, 0.1) is 36.8 Å². The first-order chi connectivity index (χ1) is 18.6. The van der Waals surface area contributed by atoms with E-state index in [1.165, 1.54) is 0 Å². The summed E-state index contributed by atoms with van der Waals surface area (Å²) in [7, 11) is 1.64. The lowest BCUT2D eigenvalue weighted by Gasteiger charge is -2.31. The molecule has 2 aromatic heterocycles. The van der Waals surface area contributed by atoms with Crippen LogP contribution in [0.5, 0.6) is 5.75 Å². The van der Waals surface area contributed by atoms with Gasteiger partial charge in [-0.05, 0) is 54.4 Å². The normalized spacial score (nSPS) is 14.4. The van der Waals surface area contributed by atoms with Crippen LogP contribution in [-0.2, 0) is 13.1 Å². The van der Waals surface area contributed by atoms with Gasteiger partial charge in [-0.25, -0.2) is 9.48 Å². The molecule has 0 saturated heterocycles. The molecule has 0 fully saturated rings. The van der Waals surface area contributed by atoms with Crippen molar-refractivity contribution in [2.75, 3.05) is 7.11 Å². The number of urea groups is 1. The van der Waals surface area contributed by atoms with E-state index in [0.29, 0.717) is 13.1 Å². The van der Waals surface area contributed by atoms with Gasteiger partial charge in [-0.15, -0.1) is 0 Å². The van der Waals surface area contributed by atoms with Crippen LogP contribution in [0.25, 0.3) is 11.5 Å². The predicted octanol–water partition coefficient (Wildman–Crippen LogP) is 5.79. The van der Waals surface area contributed by atoms with E-state index in [0.717, 1.165) is 45.3 Å². The van der Waals surface area contributed by atoms with Gasteiger partial charge in [-0.2, -0.15) is 5.10 Å². The van der Waals surface area contributed by atoms with E-state index in [-0.39, 0.29) is 12.1 Å². The van der Waals surface area contributed by atoms with Crippen LogP contribution >= 0.6 is 0 Å². The first kappa shape index (κ1) is 23.6. The fourth-order valence-electron chi connectivity index (χ4n) is 5.20. The number of hydrogen-bond acceptors (Lipinski definition) is 3. The van der Waals surface area contributed by atoms with Crippen LogP contribution in [0.15, 0.2) is 103 Å². The fourth-order valence-corrected chi connectivity index (χ4v) is 5.20. The molecule has 1 atom stereocenters. The minimum absolute atomic E-state index is 0.144. The Kier molecular flexibility index (Phi) is 6.17. The van der Waals surface area contributed by atoms with E-state index >= 15 is 0 Å². The molecule has 0 spiro atoms. The summed E-state index contributed by atoms with van der Waals surface area (Å²) in [6, 6.07) is 31.8. The Labute approximate surface area is 221 Å². The van der Waals surface area contributed by atoms with Gasteiger partial charge in [0.1, 0.15) is 11.6 Å². The van der Waals surface area contributed by atoms with Gasteiger partial charge in [0.15, 0.2) is 0 Å². The lowest BCUT2D eigenvalue weighted by molar-refractivity contribution is 0.180. The second-order valence-corrected chi connectivity index (χ2v) is 9.39. The summed E-state index contributed by atoms with van der Waals surface area (Å²) in [6.45, 7) is 2.82. The molecule has 3 heterocycles. The van der Waals surface area contributed by atoms with E-state index in [2.05, 4.69) is 34.3 Å². The number of aromatic nitrogens is 3. The summed E-state index contributed by atoms with van der Waals surface area (Å²) in [5.41, 5.74) is 5.91. The SMILES string of the molecule is COc1cccc(CNC(=O)N2Cc3c(C)nn(-c4ccccc4)c3-n3cccc3[C@@H]2c2ccccc2)c1. The quantitative estimate of drug-likeness (QED) is 0.330. The lowest BCUT2D eigenvalue weighted by atomic mass is 10.0. The maximum Gasteiger partial charge on any atom is 0.318 e. The number of hydrogen-bond donors (Lipinski definition) is 1. The number of ether oxygens (including phenoxy) is 1. The number of amides is 2. The van der Waals surface area contributed by atoms with Gasteiger partial charge in [0.2, 0.25) is 0 Å². The number of nitrogens with zero attached hydrogens (tertiary/aromatic N) is 4. The minimum Gasteiger partial charge on any atom is -0.497 e. The molecule has 7 heteroatoms. The number of aryl methyl sites for hydroxylation is 1. The summed E-state index contributed by atoms with van der Waals surface area (Å²) in [5, 5.41) is 8.06. The molecular formula is C31H29N5O2. The largest absolute Gasteiger partial charge is 0.497 e. The molecule has 1 aliphatic rings. The number of para-hydroxylation sites is 1. The van der Waals surface area contributed by atoms with Crippen molar-refractivity contribution in [3.05, 3.63) is 131 Å². The molecule has 1 aliphatic heterocycles. The van der Waals surface area contributed by atoms with Gasteiger partial charge >= 0.3 is 6.03 Å². The Morgan fingerprint density at radius 2 is 1.74 bits per heavy atom. The molecule has 0 aliphatic carbocycles. The monoisotopic (exact) mass is 503 g/mol. The highest BCUT2D eigenvalue weighted by molar-refractivity contribution is 5.76. The number of fused-ring (bicyclic) bond motifs is 3. The van der Waals surface area contributed by atoms with E-state index < -0.39 is 0 Å². The molecule has 0 bridgehead atoms. The van der Waals surface area contributed by atoms with Crippen molar-refractivity contribution in [2.24, 2.45) is 0 Å². The Morgan fingerprint density at radius 1 is 0.974 bits per heavy atom. The maximum atomic E-state index is 13.9. The lowest BCUT2D eigenvalue weighted by Crippen LogP contribution is -2.41. The van der Waals surface area contributed by atoms with Crippen LogP contribution in [0, 0.1) is 6.92 Å². The van der Waals surface area contributed by atoms with Gasteiger partial charge in [0, 0.05) is 18.3 Å². The summed E-state index contributed by atoms with van der Waals surface area (Å²) in [5.74, 6) is 1.72. The first-order valence-electron chi connectivity index (χ1n) is 12.7. The number of rotatable bonds is 5. The standard InChI is InChI=1S/C31H29N5O2/c1-22-27-21-35(31(37)32-20-23-11-9-16-26(19-23)38-2)29(24-12-5-3-6-13-24)28-17-10-18-34(28)30(27)36(33-22)25-14-7-4-8-15-25/h3-19,29H,20-21H2,1-2H3,(H,32,37)/t29-/m0/s1. The third-order valence-electron chi connectivity index (χ3n) is 7.04. The molecule has 6 rings (SSSR count). The van der Waals surface area contributed by atoms with Crippen molar-refractivity contribution in [3.8, 4) is 17.3 Å². The molecule has 0 radical (unpaired) electrons. The highest BCUT2D eigenvalue weighted by Crippen LogP contribution is 2.38. The fraction of sp³-hybridized carbons (Fsp3) is 0.161. The Bertz CT molecular complexity index is 1570. The van der Waals surface area contributed by atoms with E-state index in [9.17, 15) is 4.79 Å². The van der Waals surface area contributed by atoms with Gasteiger partial charge in [-0.1, -0.05) is 60.7 Å². The minimum atomic E-state index is -0.285. The van der Waals surface area contributed by atoms with Gasteiger partial charge in [0.25, 0.3) is 0 Å². The molecule has 0 saturated carbocycles. The zero-order valence-corrected chi connectivity index (χ0v) is 21.4. The average molecular weight is 504 g/mol. The summed E-state index contributed by atoms with van der Waals surface area (Å²) >= 11 is 0. The zero-order chi connectivity index (χ0) is 26.1. The van der Waals surface area contributed by atoms with Crippen molar-refractivity contribution < 1.29 is 9.53 Å². The maximum absolute atomic E-state index is 13.9. The molecule has 5 aromatic rings. The molecule has 190 valence electrons. The molecular weight excluding hydrogens is 474 g/mol. The number of carbonyl (C=O) groups excluding carboxylic acids is 1. The Morgan fingerprint density at radius 3 is 2.50 bits per heavy atom. The number of carbonyl (C=O) groups is 1. The molecule has 7 nitrogen and oxygen atoms in total. The third kappa shape index (κ3) is 4.22. The van der Waals surface area contributed by atoms with Gasteiger partial charge in [-0.3, -0.25) is 0 Å². The number of benzene rings is 3. The topological polar surface area (TPSA) is 64.3 Å². The van der Waals surface area contributed by atoms with Crippen molar-refractivity contribution >= 4 is 6.03 Å². The second kappa shape index (κ2) is 9.94. The van der Waals surface area contributed by atoms with Crippen molar-refractivity contribution in [2.45, 2.75) is 26.1 Å². The van der Waals surface area contributed by atoms with Crippen molar-refractivity contribution in [1.82, 2.24) is 24.6 Å². The summed E-state index contributed by atoms with van der Waals surface area (Å²) < 4.78 is 9.51. The smallest absolute Gasteiger partial charge is 0.318 e.